The fourth-order valence-electron chi connectivity index (χ4n) is 4.30. The Labute approximate surface area is 178 Å². The first-order chi connectivity index (χ1) is 14.6. The smallest absolute Gasteiger partial charge is 0.141 e. The zero-order valence-electron chi connectivity index (χ0n) is 17.9. The molecule has 2 heterocycles. The summed E-state index contributed by atoms with van der Waals surface area (Å²) in [4.78, 5) is 7.09. The van der Waals surface area contributed by atoms with E-state index in [2.05, 4.69) is 28.1 Å². The molecule has 3 aromatic rings. The van der Waals surface area contributed by atoms with E-state index in [9.17, 15) is 0 Å². The molecule has 2 aromatic carbocycles. The number of benzene rings is 2. The molecule has 0 unspecified atom stereocenters. The number of piperidine rings is 1. The van der Waals surface area contributed by atoms with E-state index in [-0.39, 0.29) is 0 Å². The number of ether oxygens (including phenoxy) is 2. The number of methoxy groups -OCH3 is 1. The average molecular weight is 406 g/mol. The van der Waals surface area contributed by atoms with Gasteiger partial charge in [0.1, 0.15) is 18.1 Å². The third-order valence-corrected chi connectivity index (χ3v) is 6.02. The molecule has 0 atom stereocenters. The van der Waals surface area contributed by atoms with Crippen molar-refractivity contribution in [2.24, 2.45) is 5.92 Å². The van der Waals surface area contributed by atoms with Gasteiger partial charge in [0.2, 0.25) is 0 Å². The minimum atomic E-state index is 0.701. The second-order valence-corrected chi connectivity index (χ2v) is 8.19. The number of nitrogens with zero attached hydrogens (tertiary/aromatic N) is 2. The van der Waals surface area contributed by atoms with E-state index in [4.69, 9.17) is 15.2 Å². The van der Waals surface area contributed by atoms with Crippen LogP contribution in [-0.4, -0.2) is 43.2 Å². The lowest BCUT2D eigenvalue weighted by Crippen LogP contribution is -2.37. The number of likely N-dealkylation sites (tertiary alicyclic amines) is 1. The first-order valence-corrected chi connectivity index (χ1v) is 10.8. The molecule has 0 saturated carbocycles. The van der Waals surface area contributed by atoms with Crippen molar-refractivity contribution in [1.82, 2.24) is 9.88 Å². The van der Waals surface area contributed by atoms with Crippen molar-refractivity contribution in [2.75, 3.05) is 39.1 Å². The largest absolute Gasteiger partial charge is 0.495 e. The lowest BCUT2D eigenvalue weighted by Gasteiger charge is -2.32. The average Bonchev–Trinajstić information content (AvgIpc) is 2.75. The van der Waals surface area contributed by atoms with Crippen molar-refractivity contribution in [3.8, 4) is 11.5 Å². The molecule has 5 heteroatoms. The number of hydrogen-bond acceptors (Lipinski definition) is 5. The zero-order valence-corrected chi connectivity index (χ0v) is 17.9. The molecule has 0 aliphatic carbocycles. The Kier molecular flexibility index (Phi) is 6.38. The molecular weight excluding hydrogens is 374 g/mol. The van der Waals surface area contributed by atoms with Crippen LogP contribution in [0.5, 0.6) is 11.5 Å². The maximum absolute atomic E-state index is 6.11. The van der Waals surface area contributed by atoms with E-state index >= 15 is 0 Å². The Bertz CT molecular complexity index is 997. The Balaban J connectivity index is 1.24. The normalized spacial score (nSPS) is 15.4. The van der Waals surface area contributed by atoms with E-state index in [1.807, 2.05) is 37.3 Å². The van der Waals surface area contributed by atoms with Crippen LogP contribution >= 0.6 is 0 Å². The monoisotopic (exact) mass is 405 g/mol. The molecule has 1 aromatic heterocycles. The van der Waals surface area contributed by atoms with E-state index in [0.29, 0.717) is 12.5 Å². The third kappa shape index (κ3) is 4.85. The van der Waals surface area contributed by atoms with E-state index in [1.54, 1.807) is 7.11 Å². The van der Waals surface area contributed by atoms with Gasteiger partial charge in [-0.2, -0.15) is 0 Å². The topological polar surface area (TPSA) is 60.6 Å². The van der Waals surface area contributed by atoms with Crippen molar-refractivity contribution in [3.63, 3.8) is 0 Å². The van der Waals surface area contributed by atoms with Gasteiger partial charge >= 0.3 is 0 Å². The predicted octanol–water partition coefficient (Wildman–Crippen LogP) is 4.47. The van der Waals surface area contributed by atoms with Crippen LogP contribution in [0.25, 0.3) is 10.9 Å². The van der Waals surface area contributed by atoms with Gasteiger partial charge < -0.3 is 15.2 Å². The highest BCUT2D eigenvalue weighted by molar-refractivity contribution is 5.85. The summed E-state index contributed by atoms with van der Waals surface area (Å²) in [5.41, 5.74) is 10.1. The molecule has 1 aliphatic rings. The number of aryl methyl sites for hydroxylation is 1. The van der Waals surface area contributed by atoms with E-state index < -0.39 is 0 Å². The van der Waals surface area contributed by atoms with Crippen molar-refractivity contribution >= 4 is 16.6 Å². The first-order valence-electron chi connectivity index (χ1n) is 10.8. The van der Waals surface area contributed by atoms with Gasteiger partial charge in [-0.15, -0.1) is 0 Å². The predicted molar refractivity (Wildman–Crippen MR) is 122 cm³/mol. The maximum Gasteiger partial charge on any atom is 0.141 e. The summed E-state index contributed by atoms with van der Waals surface area (Å²) in [6, 6.07) is 16.4. The summed E-state index contributed by atoms with van der Waals surface area (Å²) in [6.07, 6.45) is 3.51. The molecule has 2 N–H and O–H groups in total. The molecule has 0 amide bonds. The molecule has 0 radical (unpaired) electrons. The number of rotatable bonds is 7. The van der Waals surface area contributed by atoms with Gasteiger partial charge in [-0.25, -0.2) is 0 Å². The Hall–Kier alpha value is -2.79. The number of fused-ring (bicyclic) bond motifs is 1. The van der Waals surface area contributed by atoms with Crippen LogP contribution in [0.15, 0.2) is 48.5 Å². The first kappa shape index (κ1) is 20.5. The fourth-order valence-corrected chi connectivity index (χ4v) is 4.30. The van der Waals surface area contributed by atoms with Crippen LogP contribution < -0.4 is 15.2 Å². The highest BCUT2D eigenvalue weighted by atomic mass is 16.5. The summed E-state index contributed by atoms with van der Waals surface area (Å²) < 4.78 is 11.4. The van der Waals surface area contributed by atoms with E-state index in [0.717, 1.165) is 59.8 Å². The zero-order chi connectivity index (χ0) is 20.9. The van der Waals surface area contributed by atoms with Crippen LogP contribution in [0, 0.1) is 12.8 Å². The van der Waals surface area contributed by atoms with Crippen LogP contribution in [0.3, 0.4) is 0 Å². The number of anilines is 1. The van der Waals surface area contributed by atoms with Crippen LogP contribution in [0.4, 0.5) is 5.69 Å². The third-order valence-electron chi connectivity index (χ3n) is 6.02. The minimum absolute atomic E-state index is 0.701. The standard InChI is InChI=1S/C25H31N3O2/c1-18-6-8-21-23(27-18)4-3-5-24(21)30-15-14-28-12-10-19(11-13-28)16-20-7-9-25(29-2)22(26)17-20/h3-9,17,19H,10-16,26H2,1-2H3. The van der Waals surface area contributed by atoms with Crippen LogP contribution in [0.1, 0.15) is 24.1 Å². The summed E-state index contributed by atoms with van der Waals surface area (Å²) in [6.45, 7) is 5.91. The Morgan fingerprint density at radius 3 is 2.67 bits per heavy atom. The molecule has 1 saturated heterocycles. The number of aromatic nitrogens is 1. The van der Waals surface area contributed by atoms with Gasteiger partial charge in [-0.1, -0.05) is 12.1 Å². The quantitative estimate of drug-likeness (QED) is 0.588. The molecular formula is C25H31N3O2. The SMILES string of the molecule is COc1ccc(CC2CCN(CCOc3cccc4nc(C)ccc34)CC2)cc1N. The van der Waals surface area contributed by atoms with Gasteiger partial charge in [0.25, 0.3) is 0 Å². The van der Waals surface area contributed by atoms with Gasteiger partial charge in [0.15, 0.2) is 0 Å². The number of nitrogens with two attached hydrogens (primary N) is 1. The maximum atomic E-state index is 6.11. The molecule has 0 spiro atoms. The molecule has 158 valence electrons. The summed E-state index contributed by atoms with van der Waals surface area (Å²) >= 11 is 0. The summed E-state index contributed by atoms with van der Waals surface area (Å²) in [5.74, 6) is 2.39. The Morgan fingerprint density at radius 1 is 1.07 bits per heavy atom. The molecule has 1 fully saturated rings. The molecule has 5 nitrogen and oxygen atoms in total. The van der Waals surface area contributed by atoms with Gasteiger partial charge in [0.05, 0.1) is 18.3 Å². The molecule has 1 aliphatic heterocycles. The number of nitrogen functional groups attached to an aromatic ring is 1. The second-order valence-electron chi connectivity index (χ2n) is 8.19. The molecule has 30 heavy (non-hydrogen) atoms. The van der Waals surface area contributed by atoms with Crippen molar-refractivity contribution in [1.29, 1.82) is 0 Å². The highest BCUT2D eigenvalue weighted by Crippen LogP contribution is 2.27. The van der Waals surface area contributed by atoms with Crippen LogP contribution in [-0.2, 0) is 6.42 Å². The number of hydrogen-bond donors (Lipinski definition) is 1. The lowest BCUT2D eigenvalue weighted by molar-refractivity contribution is 0.155. The fraction of sp³-hybridized carbons (Fsp3) is 0.400. The molecule has 4 rings (SSSR count). The van der Waals surface area contributed by atoms with Gasteiger partial charge in [-0.3, -0.25) is 9.88 Å². The van der Waals surface area contributed by atoms with Crippen molar-refractivity contribution < 1.29 is 9.47 Å². The molecule has 0 bridgehead atoms. The van der Waals surface area contributed by atoms with E-state index in [1.165, 1.54) is 18.4 Å². The second kappa shape index (κ2) is 9.35. The van der Waals surface area contributed by atoms with Gasteiger partial charge in [-0.05, 0) is 87.2 Å². The Morgan fingerprint density at radius 2 is 1.90 bits per heavy atom. The highest BCUT2D eigenvalue weighted by Gasteiger charge is 2.19. The minimum Gasteiger partial charge on any atom is -0.495 e. The van der Waals surface area contributed by atoms with Crippen molar-refractivity contribution in [3.05, 3.63) is 59.8 Å². The van der Waals surface area contributed by atoms with Gasteiger partial charge in [0, 0.05) is 17.6 Å². The lowest BCUT2D eigenvalue weighted by atomic mass is 9.90. The van der Waals surface area contributed by atoms with Crippen molar-refractivity contribution in [2.45, 2.75) is 26.2 Å². The summed E-state index contributed by atoms with van der Waals surface area (Å²) in [7, 11) is 1.66. The summed E-state index contributed by atoms with van der Waals surface area (Å²) in [5, 5.41) is 1.08. The number of pyridine rings is 1. The van der Waals surface area contributed by atoms with Crippen LogP contribution in [0.2, 0.25) is 0 Å².